The Kier molecular flexibility index (Phi) is 4.21. The number of nitrogens with zero attached hydrogens (tertiary/aromatic N) is 2. The van der Waals surface area contributed by atoms with E-state index in [2.05, 4.69) is 10.4 Å². The number of hydroxylamine groups is 1. The van der Waals surface area contributed by atoms with E-state index < -0.39 is 4.59 Å². The number of rotatable bonds is 3. The quantitative estimate of drug-likeness (QED) is 0.664. The Morgan fingerprint density at radius 3 is 2.89 bits per heavy atom. The molecule has 0 aliphatic carbocycles. The van der Waals surface area contributed by atoms with Crippen LogP contribution in [0.5, 0.6) is 0 Å². The zero-order valence-electron chi connectivity index (χ0n) is 9.11. The molecule has 1 aromatic carbocycles. The Morgan fingerprint density at radius 1 is 1.50 bits per heavy atom. The van der Waals surface area contributed by atoms with Gasteiger partial charge in [-0.25, -0.2) is 4.39 Å². The molecule has 0 amide bonds. The number of hydrogen-bond donors (Lipinski definition) is 2. The lowest BCUT2D eigenvalue weighted by molar-refractivity contribution is 0.0162. The van der Waals surface area contributed by atoms with Crippen molar-refractivity contribution in [2.75, 3.05) is 17.7 Å². The first kappa shape index (κ1) is 13.7. The van der Waals surface area contributed by atoms with Gasteiger partial charge in [0.05, 0.1) is 12.2 Å². The molecule has 0 atom stereocenters. The molecule has 1 aliphatic heterocycles. The highest BCUT2D eigenvalue weighted by atomic mass is 35.5. The molecule has 0 saturated heterocycles. The van der Waals surface area contributed by atoms with Gasteiger partial charge in [0.2, 0.25) is 5.17 Å². The summed E-state index contributed by atoms with van der Waals surface area (Å²) in [6.07, 6.45) is 0. The zero-order chi connectivity index (χ0) is 13.2. The minimum Gasteiger partial charge on any atom is -0.273 e. The first-order valence-corrected chi connectivity index (χ1v) is 6.81. The van der Waals surface area contributed by atoms with E-state index in [-0.39, 0.29) is 5.56 Å². The fraction of sp³-hybridized carbons (Fsp3) is 0.300. The molecule has 0 unspecified atom stereocenters. The van der Waals surface area contributed by atoms with E-state index in [0.29, 0.717) is 17.4 Å². The van der Waals surface area contributed by atoms with Crippen LogP contribution < -0.4 is 5.43 Å². The molecule has 2 rings (SSSR count). The van der Waals surface area contributed by atoms with Crippen LogP contribution in [0.2, 0.25) is 0 Å². The maximum absolute atomic E-state index is 13.3. The molecule has 4 nitrogen and oxygen atoms in total. The highest BCUT2D eigenvalue weighted by Crippen LogP contribution is 2.36. The summed E-state index contributed by atoms with van der Waals surface area (Å²) in [6.45, 7) is 0.662. The average molecular weight is 310 g/mol. The Morgan fingerprint density at radius 2 is 2.28 bits per heavy atom. The molecule has 0 fully saturated rings. The predicted molar refractivity (Wildman–Crippen MR) is 72.9 cm³/mol. The average Bonchev–Trinajstić information content (AvgIpc) is 2.81. The number of benzene rings is 1. The summed E-state index contributed by atoms with van der Waals surface area (Å²) in [6, 6.07) is 6.08. The van der Waals surface area contributed by atoms with Crippen LogP contribution in [0, 0.1) is 0 Å². The standard InChI is InChI=1S/C10H10Cl2FN3OS/c11-10(12,13)7-2-1-3-8(6-7)15-16(17)9-14-4-5-18-9/h1-3,6,15,17H,4-5H2. The molecule has 0 radical (unpaired) electrons. The zero-order valence-corrected chi connectivity index (χ0v) is 11.4. The van der Waals surface area contributed by atoms with E-state index in [1.807, 2.05) is 0 Å². The van der Waals surface area contributed by atoms with Gasteiger partial charge in [-0.05, 0) is 12.1 Å². The van der Waals surface area contributed by atoms with Crippen molar-refractivity contribution in [2.45, 2.75) is 4.59 Å². The molecular formula is C10H10Cl2FN3OS. The number of alkyl halides is 3. The van der Waals surface area contributed by atoms with Gasteiger partial charge in [-0.15, -0.1) is 5.17 Å². The normalized spacial score (nSPS) is 15.4. The number of anilines is 1. The van der Waals surface area contributed by atoms with Gasteiger partial charge in [0.1, 0.15) is 0 Å². The van der Waals surface area contributed by atoms with Crippen LogP contribution >= 0.6 is 35.0 Å². The summed E-state index contributed by atoms with van der Waals surface area (Å²) in [4.78, 5) is 4.07. The second-order valence-corrected chi connectivity index (χ2v) is 5.81. The molecule has 0 bridgehead atoms. The molecule has 0 saturated carbocycles. The molecule has 0 spiro atoms. The summed E-state index contributed by atoms with van der Waals surface area (Å²) in [7, 11) is 0. The third kappa shape index (κ3) is 3.41. The Bertz CT molecular complexity index is 467. The summed E-state index contributed by atoms with van der Waals surface area (Å²) in [5.74, 6) is 0.824. The molecule has 98 valence electrons. The van der Waals surface area contributed by atoms with Crippen molar-refractivity contribution in [1.82, 2.24) is 5.17 Å². The van der Waals surface area contributed by atoms with Crippen LogP contribution in [0.4, 0.5) is 10.1 Å². The second kappa shape index (κ2) is 5.52. The third-order valence-corrected chi connectivity index (χ3v) is 3.56. The van der Waals surface area contributed by atoms with Crippen molar-refractivity contribution in [3.63, 3.8) is 0 Å². The van der Waals surface area contributed by atoms with Gasteiger partial charge in [0.15, 0.2) is 0 Å². The van der Waals surface area contributed by atoms with Gasteiger partial charge in [0, 0.05) is 11.3 Å². The minimum atomic E-state index is -2.46. The first-order valence-electron chi connectivity index (χ1n) is 5.07. The molecule has 1 aromatic rings. The maximum Gasteiger partial charge on any atom is 0.283 e. The van der Waals surface area contributed by atoms with Gasteiger partial charge in [-0.2, -0.15) is 0 Å². The maximum atomic E-state index is 13.3. The lowest BCUT2D eigenvalue weighted by Gasteiger charge is -2.19. The van der Waals surface area contributed by atoms with Crippen molar-refractivity contribution >= 4 is 45.8 Å². The molecule has 2 N–H and O–H groups in total. The fourth-order valence-corrected chi connectivity index (χ4v) is 2.34. The summed E-state index contributed by atoms with van der Waals surface area (Å²) >= 11 is 12.1. The largest absolute Gasteiger partial charge is 0.283 e. The van der Waals surface area contributed by atoms with E-state index in [1.54, 1.807) is 12.1 Å². The smallest absolute Gasteiger partial charge is 0.273 e. The van der Waals surface area contributed by atoms with E-state index >= 15 is 0 Å². The van der Waals surface area contributed by atoms with Crippen LogP contribution in [0.1, 0.15) is 5.56 Å². The SMILES string of the molecule is ON(Nc1cccc(C(F)(Cl)Cl)c1)C1=NCCS1. The van der Waals surface area contributed by atoms with E-state index in [9.17, 15) is 9.60 Å². The van der Waals surface area contributed by atoms with Crippen LogP contribution in [0.3, 0.4) is 0 Å². The molecular weight excluding hydrogens is 300 g/mol. The molecule has 18 heavy (non-hydrogen) atoms. The second-order valence-electron chi connectivity index (χ2n) is 3.51. The number of nitrogens with one attached hydrogen (secondary N) is 1. The Hall–Kier alpha value is -0.690. The van der Waals surface area contributed by atoms with Crippen molar-refractivity contribution in [3.05, 3.63) is 29.8 Å². The minimum absolute atomic E-state index is 0.0882. The van der Waals surface area contributed by atoms with E-state index in [1.165, 1.54) is 23.9 Å². The third-order valence-electron chi connectivity index (χ3n) is 2.18. The van der Waals surface area contributed by atoms with Gasteiger partial charge in [0.25, 0.3) is 4.59 Å². The summed E-state index contributed by atoms with van der Waals surface area (Å²) < 4.78 is 10.9. The monoisotopic (exact) mass is 309 g/mol. The van der Waals surface area contributed by atoms with E-state index in [0.717, 1.165) is 10.9 Å². The lowest BCUT2D eigenvalue weighted by atomic mass is 10.2. The number of thioether (sulfide) groups is 1. The number of hydrazine groups is 1. The van der Waals surface area contributed by atoms with Crippen molar-refractivity contribution in [1.29, 1.82) is 0 Å². The van der Waals surface area contributed by atoms with Gasteiger partial charge < -0.3 is 0 Å². The number of hydrogen-bond acceptors (Lipinski definition) is 5. The van der Waals surface area contributed by atoms with Crippen molar-refractivity contribution in [2.24, 2.45) is 4.99 Å². The van der Waals surface area contributed by atoms with Crippen LogP contribution in [0.25, 0.3) is 0 Å². The molecule has 8 heteroatoms. The topological polar surface area (TPSA) is 47.9 Å². The highest BCUT2D eigenvalue weighted by Gasteiger charge is 2.25. The molecule has 0 aromatic heterocycles. The summed E-state index contributed by atoms with van der Waals surface area (Å²) in [5, 5.41) is 11.0. The van der Waals surface area contributed by atoms with Crippen molar-refractivity contribution < 1.29 is 9.60 Å². The van der Waals surface area contributed by atoms with Crippen LogP contribution in [-0.2, 0) is 4.59 Å². The van der Waals surface area contributed by atoms with Crippen LogP contribution in [-0.4, -0.2) is 27.8 Å². The number of amidine groups is 1. The Labute approximate surface area is 118 Å². The van der Waals surface area contributed by atoms with E-state index in [4.69, 9.17) is 23.2 Å². The fourth-order valence-electron chi connectivity index (χ4n) is 1.39. The first-order chi connectivity index (χ1) is 8.47. The highest BCUT2D eigenvalue weighted by molar-refractivity contribution is 8.14. The van der Waals surface area contributed by atoms with Crippen LogP contribution in [0.15, 0.2) is 29.3 Å². The van der Waals surface area contributed by atoms with Gasteiger partial charge in [-0.1, -0.05) is 47.1 Å². The Balaban J connectivity index is 2.09. The lowest BCUT2D eigenvalue weighted by Crippen LogP contribution is -2.30. The predicted octanol–water partition coefficient (Wildman–Crippen LogP) is 3.36. The van der Waals surface area contributed by atoms with Gasteiger partial charge in [-0.3, -0.25) is 15.6 Å². The van der Waals surface area contributed by atoms with Gasteiger partial charge >= 0.3 is 0 Å². The molecule has 1 heterocycles. The van der Waals surface area contributed by atoms with Crippen molar-refractivity contribution in [3.8, 4) is 0 Å². The number of halogens is 3. The number of aliphatic imine (C=N–C) groups is 1. The molecule has 1 aliphatic rings. The summed E-state index contributed by atoms with van der Waals surface area (Å²) in [5.41, 5.74) is 3.19.